The van der Waals surface area contributed by atoms with Gasteiger partial charge in [0, 0.05) is 24.5 Å². The fourth-order valence-corrected chi connectivity index (χ4v) is 4.23. The van der Waals surface area contributed by atoms with Crippen molar-refractivity contribution in [3.8, 4) is 0 Å². The minimum absolute atomic E-state index is 0.00414. The lowest BCUT2D eigenvalue weighted by atomic mass is 10.3. The Morgan fingerprint density at radius 2 is 2.24 bits per heavy atom. The molecule has 1 aliphatic heterocycles. The Morgan fingerprint density at radius 1 is 1.44 bits per heavy atom. The standard InChI is InChI=1S/C16H23N5O2S2/c1-3-21-15(20-6-8-23-9-7-20)18-19-16(21)25-11-14(22)17-12(2)13-5-4-10-24-13/h4-5,10,12H,3,6-9,11H2,1-2H3,(H,17,22). The first-order valence-electron chi connectivity index (χ1n) is 8.40. The van der Waals surface area contributed by atoms with Crippen molar-refractivity contribution < 1.29 is 9.53 Å². The van der Waals surface area contributed by atoms with Crippen LogP contribution in [0.5, 0.6) is 0 Å². The van der Waals surface area contributed by atoms with Crippen LogP contribution in [-0.2, 0) is 16.1 Å². The number of carbonyl (C=O) groups is 1. The van der Waals surface area contributed by atoms with E-state index in [1.54, 1.807) is 11.3 Å². The van der Waals surface area contributed by atoms with Gasteiger partial charge >= 0.3 is 0 Å². The van der Waals surface area contributed by atoms with Gasteiger partial charge in [0.15, 0.2) is 5.16 Å². The molecule has 7 nitrogen and oxygen atoms in total. The molecule has 1 saturated heterocycles. The van der Waals surface area contributed by atoms with Crippen LogP contribution in [0.3, 0.4) is 0 Å². The lowest BCUT2D eigenvalue weighted by Crippen LogP contribution is -2.38. The van der Waals surface area contributed by atoms with Crippen LogP contribution in [0.4, 0.5) is 5.95 Å². The third kappa shape index (κ3) is 4.53. The third-order valence-electron chi connectivity index (χ3n) is 3.99. The molecule has 0 saturated carbocycles. The van der Waals surface area contributed by atoms with Gasteiger partial charge in [-0.05, 0) is 25.3 Å². The van der Waals surface area contributed by atoms with Crippen molar-refractivity contribution in [1.29, 1.82) is 0 Å². The van der Waals surface area contributed by atoms with E-state index >= 15 is 0 Å². The van der Waals surface area contributed by atoms with Crippen molar-refractivity contribution in [2.75, 3.05) is 37.0 Å². The molecular weight excluding hydrogens is 358 g/mol. The van der Waals surface area contributed by atoms with Gasteiger partial charge in [0.25, 0.3) is 0 Å². The van der Waals surface area contributed by atoms with Crippen molar-refractivity contribution >= 4 is 35.0 Å². The second-order valence-electron chi connectivity index (χ2n) is 5.72. The zero-order valence-corrected chi connectivity index (χ0v) is 16.1. The summed E-state index contributed by atoms with van der Waals surface area (Å²) >= 11 is 3.08. The molecule has 0 aliphatic carbocycles. The van der Waals surface area contributed by atoms with E-state index in [0.717, 1.165) is 35.6 Å². The van der Waals surface area contributed by atoms with Gasteiger partial charge in [-0.2, -0.15) is 0 Å². The predicted octanol–water partition coefficient (Wildman–Crippen LogP) is 2.17. The summed E-state index contributed by atoms with van der Waals surface area (Å²) in [6.45, 7) is 7.90. The van der Waals surface area contributed by atoms with Crippen molar-refractivity contribution in [3.63, 3.8) is 0 Å². The zero-order chi connectivity index (χ0) is 17.6. The minimum atomic E-state index is 0.00414. The molecule has 1 fully saturated rings. The molecule has 25 heavy (non-hydrogen) atoms. The lowest BCUT2D eigenvalue weighted by Gasteiger charge is -2.27. The Hall–Kier alpha value is -1.58. The fraction of sp³-hybridized carbons (Fsp3) is 0.562. The second-order valence-corrected chi connectivity index (χ2v) is 7.64. The van der Waals surface area contributed by atoms with Crippen LogP contribution in [0, 0.1) is 0 Å². The highest BCUT2D eigenvalue weighted by Gasteiger charge is 2.20. The molecular formula is C16H23N5O2S2. The molecule has 1 N–H and O–H groups in total. The molecule has 2 aromatic rings. The molecule has 0 bridgehead atoms. The zero-order valence-electron chi connectivity index (χ0n) is 14.5. The molecule has 0 radical (unpaired) electrons. The first-order valence-corrected chi connectivity index (χ1v) is 10.3. The molecule has 0 aromatic carbocycles. The Morgan fingerprint density at radius 3 is 2.92 bits per heavy atom. The van der Waals surface area contributed by atoms with Gasteiger partial charge in [-0.15, -0.1) is 21.5 Å². The number of morpholine rings is 1. The molecule has 0 spiro atoms. The van der Waals surface area contributed by atoms with E-state index in [9.17, 15) is 4.79 Å². The first-order chi connectivity index (χ1) is 12.2. The maximum Gasteiger partial charge on any atom is 0.230 e. The number of carbonyl (C=O) groups excluding carboxylic acids is 1. The van der Waals surface area contributed by atoms with Crippen molar-refractivity contribution in [2.24, 2.45) is 0 Å². The average molecular weight is 382 g/mol. The highest BCUT2D eigenvalue weighted by Crippen LogP contribution is 2.23. The van der Waals surface area contributed by atoms with E-state index in [4.69, 9.17) is 4.74 Å². The number of ether oxygens (including phenoxy) is 1. The summed E-state index contributed by atoms with van der Waals surface area (Å²) in [5.74, 6) is 1.20. The first kappa shape index (κ1) is 18.2. The fourth-order valence-electron chi connectivity index (χ4n) is 2.68. The van der Waals surface area contributed by atoms with Crippen molar-refractivity contribution in [1.82, 2.24) is 20.1 Å². The smallest absolute Gasteiger partial charge is 0.230 e. The van der Waals surface area contributed by atoms with Crippen LogP contribution < -0.4 is 10.2 Å². The minimum Gasteiger partial charge on any atom is -0.378 e. The summed E-state index contributed by atoms with van der Waals surface area (Å²) in [5.41, 5.74) is 0. The van der Waals surface area contributed by atoms with E-state index in [1.165, 1.54) is 11.8 Å². The number of thiophene rings is 1. The van der Waals surface area contributed by atoms with E-state index in [0.29, 0.717) is 19.0 Å². The molecule has 1 amide bonds. The summed E-state index contributed by atoms with van der Waals surface area (Å²) in [6.07, 6.45) is 0. The molecule has 1 aliphatic rings. The molecule has 2 aromatic heterocycles. The summed E-state index contributed by atoms with van der Waals surface area (Å²) in [6, 6.07) is 4.06. The Balaban J connectivity index is 1.57. The molecule has 1 unspecified atom stereocenters. The maximum absolute atomic E-state index is 12.2. The molecule has 9 heteroatoms. The number of aromatic nitrogens is 3. The van der Waals surface area contributed by atoms with E-state index in [-0.39, 0.29) is 11.9 Å². The topological polar surface area (TPSA) is 72.3 Å². The van der Waals surface area contributed by atoms with Crippen LogP contribution in [-0.4, -0.2) is 52.7 Å². The van der Waals surface area contributed by atoms with Crippen molar-refractivity contribution in [2.45, 2.75) is 31.6 Å². The van der Waals surface area contributed by atoms with Gasteiger partial charge in [-0.1, -0.05) is 17.8 Å². The highest BCUT2D eigenvalue weighted by atomic mass is 32.2. The summed E-state index contributed by atoms with van der Waals surface area (Å²) < 4.78 is 7.45. The van der Waals surface area contributed by atoms with Crippen LogP contribution in [0.25, 0.3) is 0 Å². The van der Waals surface area contributed by atoms with Crippen molar-refractivity contribution in [3.05, 3.63) is 22.4 Å². The third-order valence-corrected chi connectivity index (χ3v) is 6.01. The Labute approximate surface area is 155 Å². The number of anilines is 1. The highest BCUT2D eigenvalue weighted by molar-refractivity contribution is 7.99. The number of nitrogens with zero attached hydrogens (tertiary/aromatic N) is 4. The monoisotopic (exact) mass is 381 g/mol. The van der Waals surface area contributed by atoms with Crippen LogP contribution in [0.1, 0.15) is 24.8 Å². The van der Waals surface area contributed by atoms with Gasteiger partial charge in [-0.25, -0.2) is 0 Å². The maximum atomic E-state index is 12.2. The van der Waals surface area contributed by atoms with Gasteiger partial charge in [0.05, 0.1) is 25.0 Å². The number of rotatable bonds is 7. The van der Waals surface area contributed by atoms with Gasteiger partial charge in [-0.3, -0.25) is 9.36 Å². The van der Waals surface area contributed by atoms with E-state index < -0.39 is 0 Å². The van der Waals surface area contributed by atoms with Crippen LogP contribution in [0.2, 0.25) is 0 Å². The molecule has 1 atom stereocenters. The molecule has 136 valence electrons. The summed E-state index contributed by atoms with van der Waals surface area (Å²) in [5, 5.41) is 14.4. The Kier molecular flexibility index (Phi) is 6.33. The van der Waals surface area contributed by atoms with Crippen LogP contribution >= 0.6 is 23.1 Å². The summed E-state index contributed by atoms with van der Waals surface area (Å²) in [7, 11) is 0. The summed E-state index contributed by atoms with van der Waals surface area (Å²) in [4.78, 5) is 15.6. The normalized spacial score (nSPS) is 16.0. The molecule has 3 rings (SSSR count). The van der Waals surface area contributed by atoms with Gasteiger partial charge in [0.1, 0.15) is 0 Å². The quantitative estimate of drug-likeness (QED) is 0.741. The lowest BCUT2D eigenvalue weighted by molar-refractivity contribution is -0.119. The van der Waals surface area contributed by atoms with Crippen LogP contribution in [0.15, 0.2) is 22.7 Å². The number of amides is 1. The number of thioether (sulfide) groups is 1. The second kappa shape index (κ2) is 8.68. The number of hydrogen-bond donors (Lipinski definition) is 1. The predicted molar refractivity (Wildman–Crippen MR) is 100 cm³/mol. The average Bonchev–Trinajstić information content (AvgIpc) is 3.30. The SMILES string of the molecule is CCn1c(SCC(=O)NC(C)c2cccs2)nnc1N1CCOCC1. The number of hydrogen-bond acceptors (Lipinski definition) is 7. The van der Waals surface area contributed by atoms with E-state index in [2.05, 4.69) is 31.9 Å². The number of nitrogens with one attached hydrogen (secondary N) is 1. The Bertz CT molecular complexity index is 683. The largest absolute Gasteiger partial charge is 0.378 e. The molecule has 3 heterocycles. The van der Waals surface area contributed by atoms with E-state index in [1.807, 2.05) is 24.4 Å². The van der Waals surface area contributed by atoms with Gasteiger partial charge in [0.2, 0.25) is 11.9 Å². The van der Waals surface area contributed by atoms with Gasteiger partial charge < -0.3 is 15.0 Å².